The highest BCUT2D eigenvalue weighted by atomic mass is 16.5. The number of hydrogen-bond acceptors (Lipinski definition) is 4. The van der Waals surface area contributed by atoms with Gasteiger partial charge in [0.15, 0.2) is 0 Å². The van der Waals surface area contributed by atoms with Gasteiger partial charge in [-0.2, -0.15) is 5.10 Å². The number of rotatable bonds is 8. The minimum Gasteiger partial charge on any atom is -0.497 e. The van der Waals surface area contributed by atoms with Gasteiger partial charge in [0.2, 0.25) is 5.91 Å². The first-order valence-corrected chi connectivity index (χ1v) is 8.63. The maximum atomic E-state index is 11.9. The Kier molecular flexibility index (Phi) is 7.21. The molecule has 2 aromatic rings. The molecule has 0 aliphatic heterocycles. The van der Waals surface area contributed by atoms with Crippen molar-refractivity contribution < 1.29 is 14.3 Å². The molecule has 0 fully saturated rings. The lowest BCUT2D eigenvalue weighted by molar-refractivity contribution is -0.121. The van der Waals surface area contributed by atoms with Crippen LogP contribution >= 0.6 is 0 Å². The zero-order valence-electron chi connectivity index (χ0n) is 15.8. The van der Waals surface area contributed by atoms with Crippen molar-refractivity contribution >= 4 is 12.1 Å². The third kappa shape index (κ3) is 5.62. The zero-order chi connectivity index (χ0) is 18.9. The Hall–Kier alpha value is -2.82. The number of aryl methyl sites for hydroxylation is 3. The van der Waals surface area contributed by atoms with Gasteiger partial charge in [0.25, 0.3) is 0 Å². The fourth-order valence-electron chi connectivity index (χ4n) is 2.66. The lowest BCUT2D eigenvalue weighted by Crippen LogP contribution is -2.17. The molecule has 1 amide bonds. The van der Waals surface area contributed by atoms with Gasteiger partial charge in [0, 0.05) is 6.42 Å². The SMILES string of the molecule is COc1ccc(/C=N\NC(=O)CCCc2ccc(OC)cc2C)c(C)c1. The number of hydrazone groups is 1. The van der Waals surface area contributed by atoms with Crippen molar-refractivity contribution in [2.45, 2.75) is 33.1 Å². The van der Waals surface area contributed by atoms with Crippen molar-refractivity contribution in [2.24, 2.45) is 5.10 Å². The second kappa shape index (κ2) is 9.61. The second-order valence-corrected chi connectivity index (χ2v) is 6.16. The van der Waals surface area contributed by atoms with Crippen molar-refractivity contribution in [3.05, 3.63) is 58.7 Å². The molecule has 0 aromatic heterocycles. The lowest BCUT2D eigenvalue weighted by Gasteiger charge is -2.08. The number of hydrogen-bond donors (Lipinski definition) is 1. The summed E-state index contributed by atoms with van der Waals surface area (Å²) in [6.45, 7) is 4.03. The maximum Gasteiger partial charge on any atom is 0.240 e. The maximum absolute atomic E-state index is 11.9. The predicted octanol–water partition coefficient (Wildman–Crippen LogP) is 3.79. The van der Waals surface area contributed by atoms with Gasteiger partial charge < -0.3 is 9.47 Å². The van der Waals surface area contributed by atoms with Gasteiger partial charge in [-0.05, 0) is 79.3 Å². The average molecular weight is 354 g/mol. The first-order valence-electron chi connectivity index (χ1n) is 8.63. The third-order valence-corrected chi connectivity index (χ3v) is 4.27. The van der Waals surface area contributed by atoms with Crippen molar-refractivity contribution in [2.75, 3.05) is 14.2 Å². The predicted molar refractivity (Wildman–Crippen MR) is 104 cm³/mol. The van der Waals surface area contributed by atoms with Crippen LogP contribution in [0.1, 0.15) is 35.1 Å². The summed E-state index contributed by atoms with van der Waals surface area (Å²) in [7, 11) is 3.29. The number of methoxy groups -OCH3 is 2. The molecule has 26 heavy (non-hydrogen) atoms. The number of nitrogens with zero attached hydrogens (tertiary/aromatic N) is 1. The van der Waals surface area contributed by atoms with Gasteiger partial charge in [0.05, 0.1) is 20.4 Å². The summed E-state index contributed by atoms with van der Waals surface area (Å²) >= 11 is 0. The number of carbonyl (C=O) groups is 1. The molecule has 0 spiro atoms. The number of ether oxygens (including phenoxy) is 2. The molecule has 1 N–H and O–H groups in total. The van der Waals surface area contributed by atoms with Gasteiger partial charge in [-0.25, -0.2) is 5.43 Å². The van der Waals surface area contributed by atoms with E-state index >= 15 is 0 Å². The molecule has 138 valence electrons. The summed E-state index contributed by atoms with van der Waals surface area (Å²) in [5.41, 5.74) is 6.98. The molecule has 0 heterocycles. The van der Waals surface area contributed by atoms with Crippen LogP contribution in [0.5, 0.6) is 11.5 Å². The molecule has 0 atom stereocenters. The van der Waals surface area contributed by atoms with Crippen molar-refractivity contribution in [1.29, 1.82) is 0 Å². The van der Waals surface area contributed by atoms with Crippen LogP contribution in [0.25, 0.3) is 0 Å². The van der Waals surface area contributed by atoms with Crippen LogP contribution in [0, 0.1) is 13.8 Å². The van der Waals surface area contributed by atoms with Gasteiger partial charge in [-0.1, -0.05) is 6.07 Å². The fourth-order valence-corrected chi connectivity index (χ4v) is 2.66. The summed E-state index contributed by atoms with van der Waals surface area (Å²) < 4.78 is 10.4. The van der Waals surface area contributed by atoms with Crippen LogP contribution in [0.2, 0.25) is 0 Å². The third-order valence-electron chi connectivity index (χ3n) is 4.27. The molecular weight excluding hydrogens is 328 g/mol. The van der Waals surface area contributed by atoms with Crippen LogP contribution in [-0.2, 0) is 11.2 Å². The van der Waals surface area contributed by atoms with Crippen LogP contribution < -0.4 is 14.9 Å². The fraction of sp³-hybridized carbons (Fsp3) is 0.333. The minimum absolute atomic E-state index is 0.0846. The minimum atomic E-state index is -0.0846. The smallest absolute Gasteiger partial charge is 0.240 e. The molecule has 2 aromatic carbocycles. The summed E-state index contributed by atoms with van der Waals surface area (Å²) in [6, 6.07) is 11.7. The molecule has 0 radical (unpaired) electrons. The van der Waals surface area contributed by atoms with E-state index in [0.717, 1.165) is 35.5 Å². The highest BCUT2D eigenvalue weighted by Crippen LogP contribution is 2.18. The Balaban J connectivity index is 1.78. The van der Waals surface area contributed by atoms with E-state index in [1.165, 1.54) is 11.1 Å². The topological polar surface area (TPSA) is 59.9 Å². The molecule has 0 bridgehead atoms. The average Bonchev–Trinajstić information content (AvgIpc) is 2.64. The van der Waals surface area contributed by atoms with Crippen molar-refractivity contribution in [3.8, 4) is 11.5 Å². The van der Waals surface area contributed by atoms with Crippen molar-refractivity contribution in [3.63, 3.8) is 0 Å². The standard InChI is InChI=1S/C21H26N2O3/c1-15-12-19(25-3)10-8-17(15)6-5-7-21(24)23-22-14-18-9-11-20(26-4)13-16(18)2/h8-14H,5-7H2,1-4H3,(H,23,24)/b22-14-. The summed E-state index contributed by atoms with van der Waals surface area (Å²) in [5, 5.41) is 4.04. The Morgan fingerprint density at radius 2 is 1.69 bits per heavy atom. The number of nitrogens with one attached hydrogen (secondary N) is 1. The summed E-state index contributed by atoms with van der Waals surface area (Å²) in [5.74, 6) is 1.57. The van der Waals surface area contributed by atoms with Crippen LogP contribution in [0.3, 0.4) is 0 Å². The number of benzene rings is 2. The van der Waals surface area contributed by atoms with Crippen LogP contribution in [-0.4, -0.2) is 26.3 Å². The van der Waals surface area contributed by atoms with E-state index in [2.05, 4.69) is 23.5 Å². The molecule has 0 aliphatic rings. The lowest BCUT2D eigenvalue weighted by atomic mass is 10.0. The highest BCUT2D eigenvalue weighted by Gasteiger charge is 2.04. The normalized spacial score (nSPS) is 10.8. The molecule has 0 unspecified atom stereocenters. The van der Waals surface area contributed by atoms with Gasteiger partial charge in [0.1, 0.15) is 11.5 Å². The summed E-state index contributed by atoms with van der Waals surface area (Å²) in [6.07, 6.45) is 3.71. The zero-order valence-corrected chi connectivity index (χ0v) is 15.8. The molecule has 5 heteroatoms. The Bertz CT molecular complexity index is 785. The molecule has 0 aliphatic carbocycles. The van der Waals surface area contributed by atoms with E-state index in [4.69, 9.17) is 9.47 Å². The first-order chi connectivity index (χ1) is 12.5. The molecule has 2 rings (SSSR count). The van der Waals surface area contributed by atoms with E-state index < -0.39 is 0 Å². The number of amides is 1. The molecule has 0 saturated carbocycles. The Morgan fingerprint density at radius 1 is 1.04 bits per heavy atom. The van der Waals surface area contributed by atoms with E-state index in [0.29, 0.717) is 6.42 Å². The molecule has 5 nitrogen and oxygen atoms in total. The Morgan fingerprint density at radius 3 is 2.31 bits per heavy atom. The molecule has 0 saturated heterocycles. The largest absolute Gasteiger partial charge is 0.497 e. The van der Waals surface area contributed by atoms with Crippen LogP contribution in [0.4, 0.5) is 0 Å². The van der Waals surface area contributed by atoms with E-state index in [9.17, 15) is 4.79 Å². The van der Waals surface area contributed by atoms with E-state index in [1.54, 1.807) is 20.4 Å². The van der Waals surface area contributed by atoms with Gasteiger partial charge >= 0.3 is 0 Å². The monoisotopic (exact) mass is 354 g/mol. The Labute approximate surface area is 155 Å². The van der Waals surface area contributed by atoms with Gasteiger partial charge in [-0.15, -0.1) is 0 Å². The first kappa shape index (κ1) is 19.5. The van der Waals surface area contributed by atoms with E-state index in [1.807, 2.05) is 37.3 Å². The number of carbonyl (C=O) groups excluding carboxylic acids is 1. The summed E-state index contributed by atoms with van der Waals surface area (Å²) in [4.78, 5) is 11.9. The molecular formula is C21H26N2O3. The van der Waals surface area contributed by atoms with E-state index in [-0.39, 0.29) is 5.91 Å². The second-order valence-electron chi connectivity index (χ2n) is 6.16. The quantitative estimate of drug-likeness (QED) is 0.579. The van der Waals surface area contributed by atoms with Crippen LogP contribution in [0.15, 0.2) is 41.5 Å². The van der Waals surface area contributed by atoms with Gasteiger partial charge in [-0.3, -0.25) is 4.79 Å². The van der Waals surface area contributed by atoms with Crippen molar-refractivity contribution in [1.82, 2.24) is 5.43 Å². The highest BCUT2D eigenvalue weighted by molar-refractivity contribution is 5.84.